The smallest absolute Gasteiger partial charge is 0.154 e. The maximum Gasteiger partial charge on any atom is 0.154 e. The first-order chi connectivity index (χ1) is 4.70. The highest BCUT2D eigenvalue weighted by Crippen LogP contribution is 2.16. The van der Waals surface area contributed by atoms with Crippen molar-refractivity contribution in [1.29, 1.82) is 0 Å². The van der Waals surface area contributed by atoms with Crippen LogP contribution in [0.3, 0.4) is 0 Å². The lowest BCUT2D eigenvalue weighted by Gasteiger charge is -2.02. The fourth-order valence-corrected chi connectivity index (χ4v) is 1.55. The van der Waals surface area contributed by atoms with Crippen LogP contribution in [0.15, 0.2) is 29.2 Å². The van der Waals surface area contributed by atoms with Gasteiger partial charge in [-0.05, 0) is 29.9 Å². The van der Waals surface area contributed by atoms with Crippen molar-refractivity contribution >= 4 is 19.2 Å². The van der Waals surface area contributed by atoms with Gasteiger partial charge in [-0.3, -0.25) is 0 Å². The van der Waals surface area contributed by atoms with E-state index in [0.717, 1.165) is 4.90 Å². The molecule has 1 nitrogen and oxygen atoms in total. The van der Waals surface area contributed by atoms with Gasteiger partial charge in [0, 0.05) is 0 Å². The van der Waals surface area contributed by atoms with Gasteiger partial charge < -0.3 is 4.55 Å². The molecule has 0 aromatic heterocycles. The van der Waals surface area contributed by atoms with Gasteiger partial charge in [0.25, 0.3) is 0 Å². The third-order valence-electron chi connectivity index (χ3n) is 1.25. The van der Waals surface area contributed by atoms with E-state index < -0.39 is 10.8 Å². The maximum atomic E-state index is 10.8. The Balaban J connectivity index is 2.89. The van der Waals surface area contributed by atoms with Gasteiger partial charge in [0.2, 0.25) is 0 Å². The third kappa shape index (κ3) is 1.98. The van der Waals surface area contributed by atoms with E-state index in [4.69, 9.17) is 0 Å². The minimum atomic E-state index is -0.921. The van der Waals surface area contributed by atoms with Crippen molar-refractivity contribution in [2.24, 2.45) is 0 Å². The number of hydrogen-bond donors (Lipinski definition) is 0. The van der Waals surface area contributed by atoms with Crippen molar-refractivity contribution in [3.05, 3.63) is 29.8 Å². The zero-order valence-electron chi connectivity index (χ0n) is 5.70. The molecule has 2 atom stereocenters. The average molecular weight is 172 g/mol. The van der Waals surface area contributed by atoms with Crippen LogP contribution < -0.4 is 0 Å². The second-order valence-corrected chi connectivity index (χ2v) is 4.46. The Morgan fingerprint density at radius 1 is 1.30 bits per heavy atom. The predicted molar refractivity (Wildman–Crippen MR) is 47.3 cm³/mol. The fourth-order valence-electron chi connectivity index (χ4n) is 0.672. The summed E-state index contributed by atoms with van der Waals surface area (Å²) in [6, 6.07) is 7.66. The van der Waals surface area contributed by atoms with Crippen molar-refractivity contribution < 1.29 is 4.55 Å². The maximum absolute atomic E-state index is 10.8. The Kier molecular flexibility index (Phi) is 2.72. The molecule has 3 heteroatoms. The third-order valence-corrected chi connectivity index (χ3v) is 2.81. The van der Waals surface area contributed by atoms with Crippen LogP contribution in [0, 0.1) is 6.92 Å². The van der Waals surface area contributed by atoms with Gasteiger partial charge in [0.05, 0.1) is 8.44 Å². The lowest BCUT2D eigenvalue weighted by atomic mass is 10.2. The molecular weight excluding hydrogens is 163 g/mol. The zero-order valence-corrected chi connectivity index (χ0v) is 7.67. The van der Waals surface area contributed by atoms with Gasteiger partial charge in [-0.2, -0.15) is 0 Å². The summed E-state index contributed by atoms with van der Waals surface area (Å²) in [6.45, 7) is 2.01. The minimum absolute atomic E-state index is 0.857. The van der Waals surface area contributed by atoms with Crippen molar-refractivity contribution in [3.63, 3.8) is 0 Å². The van der Waals surface area contributed by atoms with E-state index in [1.807, 2.05) is 31.2 Å². The summed E-state index contributed by atoms with van der Waals surface area (Å²) in [5.74, 6) is 0. The molecule has 0 fully saturated rings. The first-order valence-electron chi connectivity index (χ1n) is 2.93. The lowest BCUT2D eigenvalue weighted by molar-refractivity contribution is 0.609. The molecule has 0 heterocycles. The topological polar surface area (TPSA) is 23.1 Å². The van der Waals surface area contributed by atoms with Crippen molar-refractivity contribution in [1.82, 2.24) is 0 Å². The Morgan fingerprint density at radius 3 is 2.20 bits per heavy atom. The van der Waals surface area contributed by atoms with E-state index in [-0.39, 0.29) is 0 Å². The van der Waals surface area contributed by atoms with Crippen LogP contribution in [0.1, 0.15) is 5.56 Å². The zero-order chi connectivity index (χ0) is 7.56. The normalized spacial score (nSPS) is 13.1. The number of aryl methyl sites for hydroxylation is 1. The first kappa shape index (κ1) is 8.06. The molecule has 0 aliphatic heterocycles. The standard InChI is InChI=1S/C7H9OPS/c1-6-2-4-7(5-3-6)10(8)9/h2-5H,9H2,1H3. The van der Waals surface area contributed by atoms with E-state index in [2.05, 4.69) is 8.44 Å². The molecule has 2 unspecified atom stereocenters. The number of rotatable bonds is 1. The molecule has 10 heavy (non-hydrogen) atoms. The Morgan fingerprint density at radius 2 is 1.80 bits per heavy atom. The Bertz CT molecular complexity index is 207. The van der Waals surface area contributed by atoms with Crippen LogP contribution in [0.4, 0.5) is 0 Å². The van der Waals surface area contributed by atoms with Crippen molar-refractivity contribution in [2.75, 3.05) is 0 Å². The molecule has 1 rings (SSSR count). The van der Waals surface area contributed by atoms with E-state index in [9.17, 15) is 4.55 Å². The molecule has 1 aromatic carbocycles. The Labute approximate surface area is 66.0 Å². The lowest BCUT2D eigenvalue weighted by Crippen LogP contribution is -1.88. The van der Waals surface area contributed by atoms with E-state index in [0.29, 0.717) is 0 Å². The quantitative estimate of drug-likeness (QED) is 0.468. The van der Waals surface area contributed by atoms with Gasteiger partial charge >= 0.3 is 0 Å². The summed E-state index contributed by atoms with van der Waals surface area (Å²) >= 11 is 0. The summed E-state index contributed by atoms with van der Waals surface area (Å²) in [5, 5.41) is 0. The second kappa shape index (κ2) is 3.38. The van der Waals surface area contributed by atoms with E-state index in [1.54, 1.807) is 0 Å². The molecule has 0 saturated carbocycles. The van der Waals surface area contributed by atoms with Crippen molar-refractivity contribution in [2.45, 2.75) is 11.8 Å². The summed E-state index contributed by atoms with van der Waals surface area (Å²) in [6.07, 6.45) is 0. The first-order valence-corrected chi connectivity index (χ1v) is 5.56. The number of benzene rings is 1. The fraction of sp³-hybridized carbons (Fsp3) is 0.143. The van der Waals surface area contributed by atoms with Crippen LogP contribution in [-0.4, -0.2) is 4.55 Å². The highest BCUT2D eigenvalue weighted by atomic mass is 32.7. The molecule has 0 aliphatic rings. The molecule has 0 spiro atoms. The Hall–Kier alpha value is -0.0400. The largest absolute Gasteiger partial charge is 0.610 e. The summed E-state index contributed by atoms with van der Waals surface area (Å²) in [5.41, 5.74) is 1.19. The van der Waals surface area contributed by atoms with Gasteiger partial charge in [-0.15, -0.1) is 0 Å². The second-order valence-electron chi connectivity index (χ2n) is 2.11. The van der Waals surface area contributed by atoms with Gasteiger partial charge in [-0.25, -0.2) is 0 Å². The monoisotopic (exact) mass is 172 g/mol. The molecular formula is C7H9OPS. The summed E-state index contributed by atoms with van der Waals surface area (Å²) in [7, 11) is 1.34. The molecule has 0 radical (unpaired) electrons. The molecule has 0 amide bonds. The van der Waals surface area contributed by atoms with Crippen LogP contribution in [0.5, 0.6) is 0 Å². The molecule has 0 saturated heterocycles. The molecule has 0 bridgehead atoms. The molecule has 1 aromatic rings. The highest BCUT2D eigenvalue weighted by Gasteiger charge is 2.00. The predicted octanol–water partition coefficient (Wildman–Crippen LogP) is 1.89. The molecule has 0 N–H and O–H groups in total. The molecule has 54 valence electrons. The van der Waals surface area contributed by atoms with Gasteiger partial charge in [0.15, 0.2) is 4.90 Å². The highest BCUT2D eigenvalue weighted by molar-refractivity contribution is 8.37. The van der Waals surface area contributed by atoms with Crippen LogP contribution in [-0.2, 0) is 10.8 Å². The van der Waals surface area contributed by atoms with E-state index >= 15 is 0 Å². The van der Waals surface area contributed by atoms with Gasteiger partial charge in [-0.1, -0.05) is 17.7 Å². The minimum Gasteiger partial charge on any atom is -0.610 e. The van der Waals surface area contributed by atoms with Crippen LogP contribution in [0.25, 0.3) is 0 Å². The number of hydrogen-bond acceptors (Lipinski definition) is 1. The van der Waals surface area contributed by atoms with E-state index in [1.165, 1.54) is 5.56 Å². The van der Waals surface area contributed by atoms with Crippen LogP contribution >= 0.6 is 8.44 Å². The average Bonchev–Trinajstić information content (AvgIpc) is 1.88. The van der Waals surface area contributed by atoms with Gasteiger partial charge in [0.1, 0.15) is 0 Å². The van der Waals surface area contributed by atoms with Crippen molar-refractivity contribution in [3.8, 4) is 0 Å². The molecule has 0 aliphatic carbocycles. The SMILES string of the molecule is Cc1ccc([S+]([O-])P)cc1. The van der Waals surface area contributed by atoms with Crippen LogP contribution in [0.2, 0.25) is 0 Å². The summed E-state index contributed by atoms with van der Waals surface area (Å²) < 4.78 is 10.8. The summed E-state index contributed by atoms with van der Waals surface area (Å²) in [4.78, 5) is 0.857.